The van der Waals surface area contributed by atoms with Crippen molar-refractivity contribution in [2.75, 3.05) is 7.05 Å². The molecule has 2 heterocycles. The summed E-state index contributed by atoms with van der Waals surface area (Å²) in [5.41, 5.74) is 4.42. The number of rotatable bonds is 4. The first-order chi connectivity index (χ1) is 9.70. The fraction of sp³-hybridized carbons (Fsp3) is 0.312. The third kappa shape index (κ3) is 2.12. The second kappa shape index (κ2) is 5.13. The van der Waals surface area contributed by atoms with E-state index in [0.717, 1.165) is 30.1 Å². The van der Waals surface area contributed by atoms with Crippen LogP contribution in [0.2, 0.25) is 0 Å². The highest BCUT2D eigenvalue weighted by Crippen LogP contribution is 2.26. The normalized spacial score (nSPS) is 11.3. The minimum atomic E-state index is 0.721. The van der Waals surface area contributed by atoms with Gasteiger partial charge in [-0.3, -0.25) is 0 Å². The number of nitrogens with one attached hydrogen (secondary N) is 1. The molecule has 0 amide bonds. The smallest absolute Gasteiger partial charge is 0.134 e. The predicted molar refractivity (Wildman–Crippen MR) is 79.8 cm³/mol. The summed E-state index contributed by atoms with van der Waals surface area (Å²) in [5.74, 6) is 1.00. The topological polar surface area (TPSA) is 43.0 Å². The van der Waals surface area contributed by atoms with Gasteiger partial charge in [-0.05, 0) is 27.0 Å². The van der Waals surface area contributed by atoms with Crippen molar-refractivity contribution in [3.8, 4) is 0 Å². The number of aryl methyl sites for hydroxylation is 1. The zero-order chi connectivity index (χ0) is 14.1. The summed E-state index contributed by atoms with van der Waals surface area (Å²) in [6, 6.07) is 8.18. The van der Waals surface area contributed by atoms with Gasteiger partial charge in [-0.2, -0.15) is 0 Å². The summed E-state index contributed by atoms with van der Waals surface area (Å²) in [5, 5.41) is 4.41. The monoisotopic (exact) mass is 269 g/mol. The molecule has 0 radical (unpaired) electrons. The van der Waals surface area contributed by atoms with Gasteiger partial charge in [-0.15, -0.1) is 0 Å². The molecule has 1 N–H and O–H groups in total. The molecule has 0 bridgehead atoms. The SMILES string of the molecule is CNCc1c(Cn2cnc(C)c2C)oc2ccccc12. The number of hydrogen-bond acceptors (Lipinski definition) is 3. The zero-order valence-corrected chi connectivity index (χ0v) is 12.1. The van der Waals surface area contributed by atoms with Crippen molar-refractivity contribution in [3.05, 3.63) is 53.3 Å². The van der Waals surface area contributed by atoms with Gasteiger partial charge in [0.05, 0.1) is 18.6 Å². The molecule has 104 valence electrons. The van der Waals surface area contributed by atoms with Gasteiger partial charge >= 0.3 is 0 Å². The molecule has 0 unspecified atom stereocenters. The van der Waals surface area contributed by atoms with Gasteiger partial charge in [0.1, 0.15) is 11.3 Å². The number of imidazole rings is 1. The molecule has 0 saturated carbocycles. The highest BCUT2D eigenvalue weighted by molar-refractivity contribution is 5.82. The van der Waals surface area contributed by atoms with Gasteiger partial charge in [0, 0.05) is 23.2 Å². The predicted octanol–water partition coefficient (Wildman–Crippen LogP) is 3.01. The molecular weight excluding hydrogens is 250 g/mol. The summed E-state index contributed by atoms with van der Waals surface area (Å²) in [7, 11) is 1.96. The Hall–Kier alpha value is -2.07. The minimum Gasteiger partial charge on any atom is -0.459 e. The van der Waals surface area contributed by atoms with E-state index in [0.29, 0.717) is 0 Å². The average molecular weight is 269 g/mol. The first-order valence-corrected chi connectivity index (χ1v) is 6.83. The van der Waals surface area contributed by atoms with Gasteiger partial charge in [0.2, 0.25) is 0 Å². The highest BCUT2D eigenvalue weighted by atomic mass is 16.3. The lowest BCUT2D eigenvalue weighted by Gasteiger charge is -2.06. The fourth-order valence-electron chi connectivity index (χ4n) is 2.51. The van der Waals surface area contributed by atoms with Gasteiger partial charge < -0.3 is 14.3 Å². The molecule has 0 atom stereocenters. The van der Waals surface area contributed by atoms with E-state index in [-0.39, 0.29) is 0 Å². The van der Waals surface area contributed by atoms with Crippen molar-refractivity contribution in [3.63, 3.8) is 0 Å². The highest BCUT2D eigenvalue weighted by Gasteiger charge is 2.14. The molecule has 0 aliphatic rings. The Morgan fingerprint density at radius 3 is 2.75 bits per heavy atom. The molecule has 0 saturated heterocycles. The summed E-state index contributed by atoms with van der Waals surface area (Å²) in [4.78, 5) is 4.35. The maximum atomic E-state index is 6.03. The Balaban J connectivity index is 2.06. The molecule has 1 aromatic carbocycles. The summed E-state index contributed by atoms with van der Waals surface area (Å²) in [6.45, 7) is 5.64. The number of furan rings is 1. The van der Waals surface area contributed by atoms with Crippen molar-refractivity contribution >= 4 is 11.0 Å². The molecule has 4 heteroatoms. The lowest BCUT2D eigenvalue weighted by Crippen LogP contribution is -2.08. The first-order valence-electron chi connectivity index (χ1n) is 6.83. The van der Waals surface area contributed by atoms with Crippen LogP contribution in [0.4, 0.5) is 0 Å². The maximum Gasteiger partial charge on any atom is 0.134 e. The maximum absolute atomic E-state index is 6.03. The van der Waals surface area contributed by atoms with E-state index in [9.17, 15) is 0 Å². The van der Waals surface area contributed by atoms with E-state index in [1.165, 1.54) is 16.6 Å². The third-order valence-electron chi connectivity index (χ3n) is 3.79. The average Bonchev–Trinajstić information content (AvgIpc) is 2.95. The molecule has 20 heavy (non-hydrogen) atoms. The Labute approximate surface area is 118 Å². The van der Waals surface area contributed by atoms with Gasteiger partial charge in [0.15, 0.2) is 0 Å². The van der Waals surface area contributed by atoms with Gasteiger partial charge in [0.25, 0.3) is 0 Å². The lowest BCUT2D eigenvalue weighted by molar-refractivity contribution is 0.516. The molecule has 0 aliphatic heterocycles. The number of hydrogen-bond donors (Lipinski definition) is 1. The summed E-state index contributed by atoms with van der Waals surface area (Å²) < 4.78 is 8.16. The van der Waals surface area contributed by atoms with Crippen LogP contribution in [0.15, 0.2) is 35.0 Å². The molecule has 0 aliphatic carbocycles. The number of benzene rings is 1. The van der Waals surface area contributed by atoms with Crippen LogP contribution < -0.4 is 5.32 Å². The molecule has 0 spiro atoms. The number of nitrogens with zero attached hydrogens (tertiary/aromatic N) is 2. The summed E-state index contributed by atoms with van der Waals surface area (Å²) >= 11 is 0. The zero-order valence-electron chi connectivity index (χ0n) is 12.1. The molecule has 3 rings (SSSR count). The standard InChI is InChI=1S/C16H19N3O/c1-11-12(2)19(10-18-11)9-16-14(8-17-3)13-6-4-5-7-15(13)20-16/h4-7,10,17H,8-9H2,1-3H3. The van der Waals surface area contributed by atoms with Crippen LogP contribution in [0.3, 0.4) is 0 Å². The molecular formula is C16H19N3O. The van der Waals surface area contributed by atoms with Gasteiger partial charge in [-0.25, -0.2) is 4.98 Å². The Bertz CT molecular complexity index is 739. The van der Waals surface area contributed by atoms with Crippen molar-refractivity contribution in [1.29, 1.82) is 0 Å². The van der Waals surface area contributed by atoms with Crippen LogP contribution in [-0.2, 0) is 13.1 Å². The molecule has 3 aromatic rings. The Kier molecular flexibility index (Phi) is 3.32. The van der Waals surface area contributed by atoms with E-state index in [1.807, 2.05) is 38.5 Å². The van der Waals surface area contributed by atoms with Crippen LogP contribution >= 0.6 is 0 Å². The molecule has 2 aromatic heterocycles. The largest absolute Gasteiger partial charge is 0.459 e. The van der Waals surface area contributed by atoms with Gasteiger partial charge in [-0.1, -0.05) is 18.2 Å². The van der Waals surface area contributed by atoms with Crippen molar-refractivity contribution in [2.24, 2.45) is 0 Å². The number of para-hydroxylation sites is 1. The van der Waals surface area contributed by atoms with Crippen LogP contribution in [0.1, 0.15) is 22.7 Å². The Morgan fingerprint density at radius 1 is 1.25 bits per heavy atom. The van der Waals surface area contributed by atoms with Crippen LogP contribution in [0.5, 0.6) is 0 Å². The van der Waals surface area contributed by atoms with Crippen LogP contribution in [0.25, 0.3) is 11.0 Å². The molecule has 4 nitrogen and oxygen atoms in total. The van der Waals surface area contributed by atoms with Crippen molar-refractivity contribution in [1.82, 2.24) is 14.9 Å². The molecule has 0 fully saturated rings. The van der Waals surface area contributed by atoms with Crippen molar-refractivity contribution < 1.29 is 4.42 Å². The number of fused-ring (bicyclic) bond motifs is 1. The fourth-order valence-corrected chi connectivity index (χ4v) is 2.51. The Morgan fingerprint density at radius 2 is 2.05 bits per heavy atom. The second-order valence-electron chi connectivity index (χ2n) is 5.07. The number of aromatic nitrogens is 2. The van der Waals surface area contributed by atoms with E-state index in [4.69, 9.17) is 4.42 Å². The summed E-state index contributed by atoms with van der Waals surface area (Å²) in [6.07, 6.45) is 1.88. The third-order valence-corrected chi connectivity index (χ3v) is 3.79. The first kappa shape index (κ1) is 12.9. The quantitative estimate of drug-likeness (QED) is 0.791. The van der Waals surface area contributed by atoms with E-state index >= 15 is 0 Å². The second-order valence-corrected chi connectivity index (χ2v) is 5.07. The van der Waals surface area contributed by atoms with E-state index in [1.54, 1.807) is 0 Å². The van der Waals surface area contributed by atoms with Crippen LogP contribution in [-0.4, -0.2) is 16.6 Å². The van der Waals surface area contributed by atoms with E-state index in [2.05, 4.69) is 27.9 Å². The minimum absolute atomic E-state index is 0.721. The lowest BCUT2D eigenvalue weighted by atomic mass is 10.1. The van der Waals surface area contributed by atoms with Crippen LogP contribution in [0, 0.1) is 13.8 Å². The van der Waals surface area contributed by atoms with Crippen molar-refractivity contribution in [2.45, 2.75) is 26.9 Å². The van der Waals surface area contributed by atoms with E-state index < -0.39 is 0 Å².